The summed E-state index contributed by atoms with van der Waals surface area (Å²) >= 11 is 1.09. The largest absolute Gasteiger partial charge is 0.411 e. The lowest BCUT2D eigenvalue weighted by Gasteiger charge is -2.07. The minimum atomic E-state index is -0.505. The average molecular weight is 409 g/mol. The predicted octanol–water partition coefficient (Wildman–Crippen LogP) is 4.17. The normalized spacial score (nSPS) is 10.9. The summed E-state index contributed by atoms with van der Waals surface area (Å²) in [5, 5.41) is 22.8. The fourth-order valence-electron chi connectivity index (χ4n) is 2.80. The van der Waals surface area contributed by atoms with Gasteiger partial charge >= 0.3 is 0 Å². The maximum absolute atomic E-state index is 12.2. The molecule has 0 radical (unpaired) electrons. The molecule has 0 unspecified atom stereocenters. The smallest absolute Gasteiger partial charge is 0.277 e. The van der Waals surface area contributed by atoms with Crippen molar-refractivity contribution in [2.75, 3.05) is 11.1 Å². The number of H-pyrrole nitrogens is 1. The zero-order valence-electron chi connectivity index (χ0n) is 15.2. The lowest BCUT2D eigenvalue weighted by Crippen LogP contribution is -2.15. The highest BCUT2D eigenvalue weighted by molar-refractivity contribution is 7.99. The molecular weight excluding hydrogens is 394 g/mol. The number of benzene rings is 2. The van der Waals surface area contributed by atoms with Crippen LogP contribution in [0.5, 0.6) is 0 Å². The van der Waals surface area contributed by atoms with Gasteiger partial charge in [-0.3, -0.25) is 14.9 Å². The number of aromatic amines is 1. The van der Waals surface area contributed by atoms with Gasteiger partial charge in [-0.15, -0.1) is 10.2 Å². The maximum Gasteiger partial charge on any atom is 0.277 e. The minimum Gasteiger partial charge on any atom is -0.411 e. The molecule has 0 saturated heterocycles. The Morgan fingerprint density at radius 2 is 2.10 bits per heavy atom. The second-order valence-electron chi connectivity index (χ2n) is 6.21. The third-order valence-corrected chi connectivity index (χ3v) is 5.08. The summed E-state index contributed by atoms with van der Waals surface area (Å²) in [4.78, 5) is 25.8. The molecule has 29 heavy (non-hydrogen) atoms. The number of carbonyl (C=O) groups excluding carboxylic acids is 1. The van der Waals surface area contributed by atoms with Crippen molar-refractivity contribution in [1.82, 2.24) is 15.2 Å². The number of nitro groups is 1. The molecule has 0 spiro atoms. The molecule has 2 heterocycles. The summed E-state index contributed by atoms with van der Waals surface area (Å²) in [5.74, 6) is 0.0582. The molecule has 10 heteroatoms. The number of nitro benzene ring substituents is 1. The fraction of sp³-hybridized carbons (Fsp3) is 0.105. The van der Waals surface area contributed by atoms with Crippen LogP contribution >= 0.6 is 11.8 Å². The summed E-state index contributed by atoms with van der Waals surface area (Å²) in [6, 6.07) is 12.1. The highest BCUT2D eigenvalue weighted by atomic mass is 32.2. The van der Waals surface area contributed by atoms with Crippen molar-refractivity contribution >= 4 is 39.9 Å². The molecule has 0 bridgehead atoms. The van der Waals surface area contributed by atoms with Crippen LogP contribution in [0.1, 0.15) is 5.56 Å². The number of fused-ring (bicyclic) bond motifs is 1. The molecule has 2 aromatic carbocycles. The van der Waals surface area contributed by atoms with Gasteiger partial charge in [-0.2, -0.15) is 0 Å². The molecular formula is C19H15N5O4S. The van der Waals surface area contributed by atoms with Crippen LogP contribution in [-0.2, 0) is 4.79 Å². The predicted molar refractivity (Wildman–Crippen MR) is 109 cm³/mol. The maximum atomic E-state index is 12.2. The van der Waals surface area contributed by atoms with Gasteiger partial charge in [0.05, 0.1) is 21.9 Å². The number of non-ortho nitro benzene ring substituents is 1. The van der Waals surface area contributed by atoms with Crippen molar-refractivity contribution in [3.05, 3.63) is 64.3 Å². The van der Waals surface area contributed by atoms with Gasteiger partial charge in [-0.25, -0.2) is 0 Å². The van der Waals surface area contributed by atoms with E-state index >= 15 is 0 Å². The van der Waals surface area contributed by atoms with Crippen LogP contribution < -0.4 is 5.32 Å². The van der Waals surface area contributed by atoms with Crippen LogP contribution in [0.4, 0.5) is 11.4 Å². The van der Waals surface area contributed by atoms with E-state index in [1.54, 1.807) is 19.2 Å². The van der Waals surface area contributed by atoms with E-state index in [2.05, 4.69) is 20.5 Å². The third kappa shape index (κ3) is 3.97. The lowest BCUT2D eigenvalue weighted by molar-refractivity contribution is -0.384. The summed E-state index contributed by atoms with van der Waals surface area (Å²) < 4.78 is 5.66. The second-order valence-corrected chi connectivity index (χ2v) is 7.14. The molecule has 0 aliphatic heterocycles. The van der Waals surface area contributed by atoms with E-state index in [-0.39, 0.29) is 22.6 Å². The number of anilines is 1. The van der Waals surface area contributed by atoms with Crippen LogP contribution in [0.3, 0.4) is 0 Å². The molecule has 1 amide bonds. The van der Waals surface area contributed by atoms with E-state index in [1.807, 2.05) is 24.3 Å². The van der Waals surface area contributed by atoms with Crippen LogP contribution in [0.2, 0.25) is 0 Å². The number of rotatable bonds is 6. The van der Waals surface area contributed by atoms with Crippen LogP contribution in [0, 0.1) is 17.0 Å². The first-order chi connectivity index (χ1) is 14.0. The number of para-hydroxylation sites is 1. The molecule has 9 nitrogen and oxygen atoms in total. The van der Waals surface area contributed by atoms with Crippen molar-refractivity contribution in [1.29, 1.82) is 0 Å². The van der Waals surface area contributed by atoms with Crippen molar-refractivity contribution in [2.45, 2.75) is 12.1 Å². The highest BCUT2D eigenvalue weighted by Gasteiger charge is 2.15. The molecule has 4 rings (SSSR count). The van der Waals surface area contributed by atoms with Gasteiger partial charge in [-0.05, 0) is 18.6 Å². The van der Waals surface area contributed by atoms with E-state index in [0.29, 0.717) is 11.6 Å². The molecule has 0 saturated carbocycles. The number of aryl methyl sites for hydroxylation is 1. The van der Waals surface area contributed by atoms with Crippen LogP contribution in [0.15, 0.2) is 58.3 Å². The van der Waals surface area contributed by atoms with Gasteiger partial charge in [0.2, 0.25) is 5.91 Å². The second kappa shape index (κ2) is 7.76. The van der Waals surface area contributed by atoms with Crippen molar-refractivity contribution in [3.63, 3.8) is 0 Å². The Morgan fingerprint density at radius 3 is 2.93 bits per heavy atom. The molecule has 0 aliphatic carbocycles. The first-order valence-electron chi connectivity index (χ1n) is 8.59. The van der Waals surface area contributed by atoms with Gasteiger partial charge in [0, 0.05) is 29.2 Å². The Hall–Kier alpha value is -3.66. The van der Waals surface area contributed by atoms with Gasteiger partial charge < -0.3 is 14.7 Å². The fourth-order valence-corrected chi connectivity index (χ4v) is 3.36. The Balaban J connectivity index is 1.42. The Bertz CT molecular complexity index is 1220. The SMILES string of the molecule is Cc1ccc([N+](=O)[O-])cc1NC(=O)CSc1nnc(-c2c[nH]c3ccccc23)o1. The first-order valence-corrected chi connectivity index (χ1v) is 9.57. The third-order valence-electron chi connectivity index (χ3n) is 4.26. The van der Waals surface area contributed by atoms with E-state index < -0.39 is 4.92 Å². The van der Waals surface area contributed by atoms with E-state index in [4.69, 9.17) is 4.42 Å². The Morgan fingerprint density at radius 1 is 1.28 bits per heavy atom. The number of amides is 1. The van der Waals surface area contributed by atoms with E-state index in [0.717, 1.165) is 33.8 Å². The molecule has 0 atom stereocenters. The van der Waals surface area contributed by atoms with Crippen molar-refractivity contribution < 1.29 is 14.1 Å². The van der Waals surface area contributed by atoms with Crippen molar-refractivity contribution in [3.8, 4) is 11.5 Å². The van der Waals surface area contributed by atoms with E-state index in [9.17, 15) is 14.9 Å². The number of nitrogens with one attached hydrogen (secondary N) is 2. The highest BCUT2D eigenvalue weighted by Crippen LogP contribution is 2.29. The Kier molecular flexibility index (Phi) is 5.00. The van der Waals surface area contributed by atoms with Gasteiger partial charge in [0.1, 0.15) is 0 Å². The molecule has 2 aromatic heterocycles. The summed E-state index contributed by atoms with van der Waals surface area (Å²) in [7, 11) is 0. The van der Waals surface area contributed by atoms with Crippen LogP contribution in [-0.4, -0.2) is 31.8 Å². The topological polar surface area (TPSA) is 127 Å². The number of carbonyl (C=O) groups is 1. The molecule has 4 aromatic rings. The van der Waals surface area contributed by atoms with Gasteiger partial charge in [0.25, 0.3) is 16.8 Å². The number of thioether (sulfide) groups is 1. The molecule has 0 aliphatic rings. The zero-order valence-corrected chi connectivity index (χ0v) is 16.0. The summed E-state index contributed by atoms with van der Waals surface area (Å²) in [6.07, 6.45) is 1.80. The standard InChI is InChI=1S/C19H15N5O4S/c1-11-6-7-12(24(26)27)8-16(11)21-17(25)10-29-19-23-22-18(28-19)14-9-20-15-5-3-2-4-13(14)15/h2-9,20H,10H2,1H3,(H,21,25). The van der Waals surface area contributed by atoms with Crippen molar-refractivity contribution in [2.24, 2.45) is 0 Å². The Labute approximate surface area is 168 Å². The average Bonchev–Trinajstić information content (AvgIpc) is 3.34. The zero-order chi connectivity index (χ0) is 20.4. The number of nitrogens with zero attached hydrogens (tertiary/aromatic N) is 3. The molecule has 0 fully saturated rings. The monoisotopic (exact) mass is 409 g/mol. The van der Waals surface area contributed by atoms with Crippen LogP contribution in [0.25, 0.3) is 22.4 Å². The number of aromatic nitrogens is 3. The minimum absolute atomic E-state index is 0.0254. The summed E-state index contributed by atoms with van der Waals surface area (Å²) in [6.45, 7) is 1.76. The summed E-state index contributed by atoms with van der Waals surface area (Å²) in [5.41, 5.74) is 2.79. The number of hydrogen-bond donors (Lipinski definition) is 2. The van der Waals surface area contributed by atoms with Gasteiger partial charge in [-0.1, -0.05) is 36.0 Å². The van der Waals surface area contributed by atoms with E-state index in [1.165, 1.54) is 12.1 Å². The number of hydrogen-bond acceptors (Lipinski definition) is 7. The lowest BCUT2D eigenvalue weighted by atomic mass is 10.2. The quantitative estimate of drug-likeness (QED) is 0.278. The first kappa shape index (κ1) is 18.7. The molecule has 2 N–H and O–H groups in total. The van der Waals surface area contributed by atoms with Gasteiger partial charge in [0.15, 0.2) is 0 Å². The molecule has 146 valence electrons.